The van der Waals surface area contributed by atoms with Gasteiger partial charge in [0.1, 0.15) is 12.4 Å². The van der Waals surface area contributed by atoms with E-state index in [1.807, 2.05) is 6.08 Å². The van der Waals surface area contributed by atoms with Crippen molar-refractivity contribution in [3.05, 3.63) is 41.9 Å². The molecule has 3 heteroatoms. The van der Waals surface area contributed by atoms with Gasteiger partial charge in [-0.15, -0.1) is 0 Å². The van der Waals surface area contributed by atoms with E-state index in [1.165, 1.54) is 0 Å². The Balaban J connectivity index is 2.24. The van der Waals surface area contributed by atoms with E-state index in [9.17, 15) is 4.79 Å². The van der Waals surface area contributed by atoms with Crippen LogP contribution in [0, 0.1) is 0 Å². The van der Waals surface area contributed by atoms with Crippen LogP contribution in [0.2, 0.25) is 0 Å². The van der Waals surface area contributed by atoms with Crippen molar-refractivity contribution in [1.82, 2.24) is 4.98 Å². The minimum absolute atomic E-state index is 0.0140. The molecule has 13 heavy (non-hydrogen) atoms. The van der Waals surface area contributed by atoms with Crippen LogP contribution >= 0.6 is 0 Å². The van der Waals surface area contributed by atoms with Gasteiger partial charge < -0.3 is 4.74 Å². The highest BCUT2D eigenvalue weighted by molar-refractivity contribution is 5.74. The number of pyridine rings is 1. The standard InChI is InChI=1S/C10H9NO2/c12-7-8-3-4-11-9(6-8)10-2-1-5-13-10/h1,3-7,10H,2H2. The number of hydrogen-bond acceptors (Lipinski definition) is 3. The van der Waals surface area contributed by atoms with Crippen LogP contribution in [0.4, 0.5) is 0 Å². The molecule has 0 bridgehead atoms. The maximum Gasteiger partial charge on any atom is 0.150 e. The fraction of sp³-hybridized carbons (Fsp3) is 0.200. The van der Waals surface area contributed by atoms with Crippen LogP contribution in [-0.4, -0.2) is 11.3 Å². The van der Waals surface area contributed by atoms with Gasteiger partial charge in [0.05, 0.1) is 12.0 Å². The van der Waals surface area contributed by atoms with Crippen molar-refractivity contribution in [2.45, 2.75) is 12.5 Å². The smallest absolute Gasteiger partial charge is 0.150 e. The minimum Gasteiger partial charge on any atom is -0.492 e. The van der Waals surface area contributed by atoms with Crippen molar-refractivity contribution in [3.8, 4) is 0 Å². The Hall–Kier alpha value is -1.64. The Kier molecular flexibility index (Phi) is 2.08. The molecule has 0 saturated heterocycles. The summed E-state index contributed by atoms with van der Waals surface area (Å²) in [5, 5.41) is 0. The van der Waals surface area contributed by atoms with E-state index in [0.29, 0.717) is 5.56 Å². The molecule has 0 aromatic carbocycles. The van der Waals surface area contributed by atoms with Crippen molar-refractivity contribution in [2.24, 2.45) is 0 Å². The lowest BCUT2D eigenvalue weighted by Crippen LogP contribution is -1.99. The van der Waals surface area contributed by atoms with Crippen LogP contribution in [0.3, 0.4) is 0 Å². The molecular formula is C10H9NO2. The number of rotatable bonds is 2. The molecule has 0 fully saturated rings. The fourth-order valence-electron chi connectivity index (χ4n) is 1.29. The second-order valence-electron chi connectivity index (χ2n) is 2.86. The van der Waals surface area contributed by atoms with Crippen LogP contribution in [0.5, 0.6) is 0 Å². The fourth-order valence-corrected chi connectivity index (χ4v) is 1.29. The third-order valence-electron chi connectivity index (χ3n) is 1.96. The lowest BCUT2D eigenvalue weighted by Gasteiger charge is -2.08. The molecule has 0 aliphatic carbocycles. The summed E-state index contributed by atoms with van der Waals surface area (Å²) in [6.07, 6.45) is 6.86. The molecule has 1 atom stereocenters. The lowest BCUT2D eigenvalue weighted by molar-refractivity contribution is 0.112. The van der Waals surface area contributed by atoms with Crippen LogP contribution in [0.25, 0.3) is 0 Å². The highest BCUT2D eigenvalue weighted by Crippen LogP contribution is 2.24. The Morgan fingerprint density at radius 3 is 3.23 bits per heavy atom. The number of aldehydes is 1. The molecule has 0 spiro atoms. The van der Waals surface area contributed by atoms with Gasteiger partial charge in [-0.1, -0.05) is 0 Å². The normalized spacial score (nSPS) is 19.8. The van der Waals surface area contributed by atoms with Crippen molar-refractivity contribution in [3.63, 3.8) is 0 Å². The zero-order valence-corrected chi connectivity index (χ0v) is 7.01. The van der Waals surface area contributed by atoms with Gasteiger partial charge in [-0.2, -0.15) is 0 Å². The number of carbonyl (C=O) groups is 1. The monoisotopic (exact) mass is 175 g/mol. The molecule has 1 aromatic heterocycles. The topological polar surface area (TPSA) is 39.2 Å². The van der Waals surface area contributed by atoms with E-state index in [4.69, 9.17) is 4.74 Å². The molecular weight excluding hydrogens is 166 g/mol. The van der Waals surface area contributed by atoms with Crippen LogP contribution < -0.4 is 0 Å². The summed E-state index contributed by atoms with van der Waals surface area (Å²) >= 11 is 0. The number of ether oxygens (including phenoxy) is 1. The quantitative estimate of drug-likeness (QED) is 0.644. The third-order valence-corrected chi connectivity index (χ3v) is 1.96. The van der Waals surface area contributed by atoms with Crippen LogP contribution in [-0.2, 0) is 4.74 Å². The molecule has 0 N–H and O–H groups in total. The van der Waals surface area contributed by atoms with E-state index in [2.05, 4.69) is 4.98 Å². The van der Waals surface area contributed by atoms with Gasteiger partial charge in [0, 0.05) is 18.2 Å². The van der Waals surface area contributed by atoms with Crippen molar-refractivity contribution in [1.29, 1.82) is 0 Å². The van der Waals surface area contributed by atoms with Crippen molar-refractivity contribution in [2.75, 3.05) is 0 Å². The average Bonchev–Trinajstić information content (AvgIpc) is 2.71. The SMILES string of the molecule is O=Cc1ccnc(C2CC=CO2)c1. The second-order valence-corrected chi connectivity index (χ2v) is 2.86. The summed E-state index contributed by atoms with van der Waals surface area (Å²) in [7, 11) is 0. The van der Waals surface area contributed by atoms with E-state index in [1.54, 1.807) is 24.6 Å². The first-order valence-corrected chi connectivity index (χ1v) is 4.12. The second kappa shape index (κ2) is 3.39. The molecule has 1 aliphatic heterocycles. The maximum absolute atomic E-state index is 10.5. The molecule has 0 saturated carbocycles. The summed E-state index contributed by atoms with van der Waals surface area (Å²) < 4.78 is 5.28. The van der Waals surface area contributed by atoms with Gasteiger partial charge in [0.15, 0.2) is 0 Å². The third kappa shape index (κ3) is 1.59. The van der Waals surface area contributed by atoms with E-state index in [0.717, 1.165) is 18.4 Å². The van der Waals surface area contributed by atoms with Gasteiger partial charge >= 0.3 is 0 Å². The number of aromatic nitrogens is 1. The summed E-state index contributed by atoms with van der Waals surface area (Å²) in [5.41, 5.74) is 1.45. The number of nitrogens with zero attached hydrogens (tertiary/aromatic N) is 1. The Morgan fingerprint density at radius 2 is 2.54 bits per heavy atom. The highest BCUT2D eigenvalue weighted by atomic mass is 16.5. The molecule has 2 rings (SSSR count). The van der Waals surface area contributed by atoms with E-state index < -0.39 is 0 Å². The Labute approximate surface area is 76.1 Å². The maximum atomic E-state index is 10.5. The van der Waals surface area contributed by atoms with Gasteiger partial charge in [0.25, 0.3) is 0 Å². The first-order valence-electron chi connectivity index (χ1n) is 4.12. The zero-order valence-electron chi connectivity index (χ0n) is 7.01. The van der Waals surface area contributed by atoms with Gasteiger partial charge in [-0.3, -0.25) is 9.78 Å². The van der Waals surface area contributed by atoms with Gasteiger partial charge in [-0.05, 0) is 18.2 Å². The summed E-state index contributed by atoms with van der Waals surface area (Å²) in [6.45, 7) is 0. The largest absolute Gasteiger partial charge is 0.492 e. The predicted octanol–water partition coefficient (Wildman–Crippen LogP) is 1.87. The summed E-state index contributed by atoms with van der Waals surface area (Å²) in [4.78, 5) is 14.6. The molecule has 1 aromatic rings. The Morgan fingerprint density at radius 1 is 1.62 bits per heavy atom. The van der Waals surface area contributed by atoms with Crippen LogP contribution in [0.15, 0.2) is 30.7 Å². The lowest BCUT2D eigenvalue weighted by atomic mass is 10.1. The molecule has 3 nitrogen and oxygen atoms in total. The molecule has 66 valence electrons. The first-order chi connectivity index (χ1) is 6.40. The summed E-state index contributed by atoms with van der Waals surface area (Å²) in [5.74, 6) is 0. The van der Waals surface area contributed by atoms with Gasteiger partial charge in [-0.25, -0.2) is 0 Å². The van der Waals surface area contributed by atoms with E-state index >= 15 is 0 Å². The summed E-state index contributed by atoms with van der Waals surface area (Å²) in [6, 6.07) is 3.43. The minimum atomic E-state index is -0.0140. The van der Waals surface area contributed by atoms with Gasteiger partial charge in [0.2, 0.25) is 0 Å². The average molecular weight is 175 g/mol. The van der Waals surface area contributed by atoms with Crippen molar-refractivity contribution < 1.29 is 9.53 Å². The number of hydrogen-bond donors (Lipinski definition) is 0. The van der Waals surface area contributed by atoms with E-state index in [-0.39, 0.29) is 6.10 Å². The van der Waals surface area contributed by atoms with Crippen LogP contribution in [0.1, 0.15) is 28.6 Å². The molecule has 2 heterocycles. The van der Waals surface area contributed by atoms with Crippen molar-refractivity contribution >= 4 is 6.29 Å². The number of carbonyl (C=O) groups excluding carboxylic acids is 1. The zero-order chi connectivity index (χ0) is 9.10. The predicted molar refractivity (Wildman–Crippen MR) is 47.2 cm³/mol. The molecule has 0 amide bonds. The molecule has 1 aliphatic rings. The highest BCUT2D eigenvalue weighted by Gasteiger charge is 2.15. The first kappa shape index (κ1) is 7.98. The molecule has 0 radical (unpaired) electrons. The molecule has 1 unspecified atom stereocenters. The Bertz CT molecular complexity index is 339.